The zero-order valence-corrected chi connectivity index (χ0v) is 9.21. The van der Waals surface area contributed by atoms with E-state index in [1.54, 1.807) is 37.4 Å². The molecule has 0 saturated heterocycles. The summed E-state index contributed by atoms with van der Waals surface area (Å²) in [5, 5.41) is 1.76. The Labute approximate surface area is 97.3 Å². The molecule has 0 aliphatic heterocycles. The first kappa shape index (κ1) is 11.4. The molecule has 0 aromatic heterocycles. The van der Waals surface area contributed by atoms with Gasteiger partial charge in [0.15, 0.2) is 0 Å². The molecule has 0 radical (unpaired) electrons. The molecule has 0 heterocycles. The van der Waals surface area contributed by atoms with Gasteiger partial charge in [0.2, 0.25) is 0 Å². The van der Waals surface area contributed by atoms with Crippen LogP contribution in [-0.2, 0) is 0 Å². The zero-order chi connectivity index (χ0) is 12.4. The third kappa shape index (κ3) is 2.20. The first-order chi connectivity index (χ1) is 8.11. The second-order valence-electron chi connectivity index (χ2n) is 3.60. The van der Waals surface area contributed by atoms with E-state index in [1.165, 1.54) is 0 Å². The van der Waals surface area contributed by atoms with Crippen LogP contribution in [0.15, 0.2) is 42.5 Å². The van der Waals surface area contributed by atoms with E-state index in [-0.39, 0.29) is 0 Å². The molecule has 0 amide bonds. The fraction of sp³-hybridized carbons (Fsp3) is 0.0769. The van der Waals surface area contributed by atoms with Crippen LogP contribution in [0.4, 0.5) is 8.78 Å². The molecule has 0 atom stereocenters. The Morgan fingerprint density at radius 3 is 2.35 bits per heavy atom. The average Bonchev–Trinajstić information content (AvgIpc) is 2.36. The summed E-state index contributed by atoms with van der Waals surface area (Å²) in [5.74, 6) is 0.727. The lowest BCUT2D eigenvalue weighted by Gasteiger charge is -2.05. The van der Waals surface area contributed by atoms with Crippen molar-refractivity contribution in [2.75, 3.05) is 7.11 Å². The lowest BCUT2D eigenvalue weighted by atomic mass is 10.1. The first-order valence-corrected chi connectivity index (χ1v) is 5.01. The minimum atomic E-state index is -1.86. The molecule has 0 bridgehead atoms. The molecule has 2 aromatic carbocycles. The molecule has 17 heavy (non-hydrogen) atoms. The van der Waals surface area contributed by atoms with Gasteiger partial charge in [0.05, 0.1) is 7.11 Å². The molecule has 0 fully saturated rings. The van der Waals surface area contributed by atoms with Crippen molar-refractivity contribution in [2.24, 2.45) is 5.73 Å². The molecular weight excluding hydrogens is 224 g/mol. The molecule has 2 N–H and O–H groups in total. The number of nitrogens with two attached hydrogens (primary N) is 1. The summed E-state index contributed by atoms with van der Waals surface area (Å²) in [6, 6.07) is 10.4. The smallest absolute Gasteiger partial charge is 0.293 e. The highest BCUT2D eigenvalue weighted by atomic mass is 19.3. The maximum atomic E-state index is 12.4. The van der Waals surface area contributed by atoms with Crippen LogP contribution >= 0.6 is 0 Å². The van der Waals surface area contributed by atoms with E-state index in [0.29, 0.717) is 5.56 Å². The van der Waals surface area contributed by atoms with Gasteiger partial charge < -0.3 is 10.5 Å². The van der Waals surface area contributed by atoms with Crippen molar-refractivity contribution >= 4 is 16.5 Å². The fourth-order valence-corrected chi connectivity index (χ4v) is 1.63. The number of ether oxygens (including phenoxy) is 1. The molecule has 0 unspecified atom stereocenters. The standard InChI is InChI=1S/C13H11F2NO/c1-17-11-5-4-8-6-10(12(16)13(14)15)3-2-9(8)7-11/h2-7H,16H2,1H3. The van der Waals surface area contributed by atoms with Crippen molar-refractivity contribution in [3.8, 4) is 5.75 Å². The topological polar surface area (TPSA) is 35.2 Å². The van der Waals surface area contributed by atoms with Crippen LogP contribution in [0.5, 0.6) is 5.75 Å². The Morgan fingerprint density at radius 1 is 1.06 bits per heavy atom. The molecule has 2 aromatic rings. The Hall–Kier alpha value is -2.10. The van der Waals surface area contributed by atoms with E-state index in [9.17, 15) is 8.78 Å². The van der Waals surface area contributed by atoms with Crippen molar-refractivity contribution in [3.63, 3.8) is 0 Å². The molecule has 0 aliphatic carbocycles. The quantitative estimate of drug-likeness (QED) is 0.866. The van der Waals surface area contributed by atoms with Gasteiger partial charge in [-0.15, -0.1) is 0 Å². The average molecular weight is 235 g/mol. The number of benzene rings is 2. The number of fused-ring (bicyclic) bond motifs is 1. The lowest BCUT2D eigenvalue weighted by molar-refractivity contribution is 0.415. The second kappa shape index (κ2) is 4.41. The Bertz CT molecular complexity index is 589. The van der Waals surface area contributed by atoms with Gasteiger partial charge in [0.1, 0.15) is 11.4 Å². The van der Waals surface area contributed by atoms with E-state index in [4.69, 9.17) is 10.5 Å². The van der Waals surface area contributed by atoms with Gasteiger partial charge in [-0.05, 0) is 29.0 Å². The van der Waals surface area contributed by atoms with E-state index in [1.807, 2.05) is 6.07 Å². The van der Waals surface area contributed by atoms with E-state index < -0.39 is 11.8 Å². The van der Waals surface area contributed by atoms with Crippen molar-refractivity contribution in [3.05, 3.63) is 48.0 Å². The molecule has 0 saturated carbocycles. The zero-order valence-electron chi connectivity index (χ0n) is 9.21. The van der Waals surface area contributed by atoms with Crippen LogP contribution in [0.25, 0.3) is 16.5 Å². The van der Waals surface area contributed by atoms with Crippen molar-refractivity contribution < 1.29 is 13.5 Å². The summed E-state index contributed by atoms with van der Waals surface area (Å²) in [5.41, 5.74) is 5.13. The van der Waals surface area contributed by atoms with Crippen LogP contribution in [0.3, 0.4) is 0 Å². The summed E-state index contributed by atoms with van der Waals surface area (Å²) in [4.78, 5) is 0. The SMILES string of the molecule is COc1ccc2cc(C(N)=C(F)F)ccc2c1. The molecule has 88 valence electrons. The molecule has 2 nitrogen and oxygen atoms in total. The predicted molar refractivity (Wildman–Crippen MR) is 63.8 cm³/mol. The molecular formula is C13H11F2NO. The molecule has 0 spiro atoms. The van der Waals surface area contributed by atoms with Gasteiger partial charge in [-0.3, -0.25) is 0 Å². The van der Waals surface area contributed by atoms with Crippen LogP contribution in [-0.4, -0.2) is 7.11 Å². The lowest BCUT2D eigenvalue weighted by Crippen LogP contribution is -1.97. The molecule has 2 rings (SSSR count). The monoisotopic (exact) mass is 235 g/mol. The van der Waals surface area contributed by atoms with E-state index >= 15 is 0 Å². The molecule has 0 aliphatic rings. The van der Waals surface area contributed by atoms with Gasteiger partial charge in [-0.25, -0.2) is 0 Å². The summed E-state index contributed by atoms with van der Waals surface area (Å²) in [7, 11) is 1.58. The maximum absolute atomic E-state index is 12.4. The Balaban J connectivity index is 2.56. The van der Waals surface area contributed by atoms with Crippen LogP contribution < -0.4 is 10.5 Å². The van der Waals surface area contributed by atoms with Crippen molar-refractivity contribution in [1.29, 1.82) is 0 Å². The summed E-state index contributed by atoms with van der Waals surface area (Å²) < 4.78 is 29.8. The Morgan fingerprint density at radius 2 is 1.71 bits per heavy atom. The third-order valence-electron chi connectivity index (χ3n) is 2.56. The van der Waals surface area contributed by atoms with Crippen LogP contribution in [0.2, 0.25) is 0 Å². The first-order valence-electron chi connectivity index (χ1n) is 5.01. The highest BCUT2D eigenvalue weighted by molar-refractivity contribution is 5.87. The van der Waals surface area contributed by atoms with Crippen LogP contribution in [0.1, 0.15) is 5.56 Å². The van der Waals surface area contributed by atoms with Crippen molar-refractivity contribution in [2.45, 2.75) is 0 Å². The van der Waals surface area contributed by atoms with Gasteiger partial charge >= 0.3 is 0 Å². The minimum Gasteiger partial charge on any atom is -0.497 e. The largest absolute Gasteiger partial charge is 0.497 e. The number of hydrogen-bond acceptors (Lipinski definition) is 2. The van der Waals surface area contributed by atoms with Crippen molar-refractivity contribution in [1.82, 2.24) is 0 Å². The number of halogens is 2. The number of methoxy groups -OCH3 is 1. The third-order valence-corrected chi connectivity index (χ3v) is 2.56. The maximum Gasteiger partial charge on any atom is 0.293 e. The molecule has 4 heteroatoms. The fourth-order valence-electron chi connectivity index (χ4n) is 1.63. The summed E-state index contributed by atoms with van der Waals surface area (Å²) in [6.45, 7) is 0. The second-order valence-corrected chi connectivity index (χ2v) is 3.60. The summed E-state index contributed by atoms with van der Waals surface area (Å²) >= 11 is 0. The highest BCUT2D eigenvalue weighted by Crippen LogP contribution is 2.24. The minimum absolute atomic E-state index is 0.322. The highest BCUT2D eigenvalue weighted by Gasteiger charge is 2.05. The summed E-state index contributed by atoms with van der Waals surface area (Å²) in [6.07, 6.45) is -1.86. The van der Waals surface area contributed by atoms with Crippen LogP contribution in [0, 0.1) is 0 Å². The van der Waals surface area contributed by atoms with Gasteiger partial charge in [0, 0.05) is 5.56 Å². The van der Waals surface area contributed by atoms with Gasteiger partial charge in [-0.2, -0.15) is 8.78 Å². The van der Waals surface area contributed by atoms with Gasteiger partial charge in [-0.1, -0.05) is 18.2 Å². The number of rotatable bonds is 2. The van der Waals surface area contributed by atoms with E-state index in [2.05, 4.69) is 0 Å². The van der Waals surface area contributed by atoms with E-state index in [0.717, 1.165) is 16.5 Å². The normalized spacial score (nSPS) is 10.3. The predicted octanol–water partition coefficient (Wildman–Crippen LogP) is 3.37. The Kier molecular flexibility index (Phi) is 2.95. The van der Waals surface area contributed by atoms with Gasteiger partial charge in [0.25, 0.3) is 6.08 Å². The number of hydrogen-bond donors (Lipinski definition) is 1.